The maximum Gasteiger partial charge on any atom is 0.264 e. The first-order chi connectivity index (χ1) is 20.0. The average Bonchev–Trinajstić information content (AvgIpc) is 3.47. The number of halogens is 3. The molecule has 1 N–H and O–H groups in total. The van der Waals surface area contributed by atoms with E-state index in [9.17, 15) is 22.4 Å². The lowest BCUT2D eigenvalue weighted by Crippen LogP contribution is -2.53. The first-order valence-corrected chi connectivity index (χ1v) is 16.1. The molecular weight excluding hydrogens is 600 g/mol. The van der Waals surface area contributed by atoms with Gasteiger partial charge in [0.25, 0.3) is 10.0 Å². The molecule has 0 unspecified atom stereocenters. The Morgan fingerprint density at radius 1 is 1.00 bits per heavy atom. The summed E-state index contributed by atoms with van der Waals surface area (Å²) in [4.78, 5) is 29.0. The fourth-order valence-electron chi connectivity index (χ4n) is 5.11. The second kappa shape index (κ2) is 13.9. The maximum absolute atomic E-state index is 14.2. The molecule has 0 saturated heterocycles. The molecule has 0 aliphatic heterocycles. The molecule has 1 saturated carbocycles. The van der Waals surface area contributed by atoms with Crippen LogP contribution in [0, 0.1) is 12.7 Å². The van der Waals surface area contributed by atoms with Crippen molar-refractivity contribution in [1.29, 1.82) is 0 Å². The number of anilines is 1. The Morgan fingerprint density at radius 3 is 2.26 bits per heavy atom. The van der Waals surface area contributed by atoms with Crippen molar-refractivity contribution in [3.63, 3.8) is 0 Å². The summed E-state index contributed by atoms with van der Waals surface area (Å²) < 4.78 is 42.6. The third-order valence-electron chi connectivity index (χ3n) is 7.44. The van der Waals surface area contributed by atoms with Crippen molar-refractivity contribution in [2.45, 2.75) is 69.5 Å². The number of hydrogen-bond donors (Lipinski definition) is 1. The summed E-state index contributed by atoms with van der Waals surface area (Å²) in [6.45, 7) is 2.95. The number of benzene rings is 3. The Morgan fingerprint density at radius 2 is 1.64 bits per heavy atom. The van der Waals surface area contributed by atoms with E-state index < -0.39 is 34.3 Å². The lowest BCUT2D eigenvalue weighted by Gasteiger charge is -2.34. The second-order valence-corrected chi connectivity index (χ2v) is 13.1. The number of rotatable bonds is 11. The topological polar surface area (TPSA) is 86.8 Å². The lowest BCUT2D eigenvalue weighted by molar-refractivity contribution is -0.140. The minimum atomic E-state index is -4.30. The predicted octanol–water partition coefficient (Wildman–Crippen LogP) is 6.50. The van der Waals surface area contributed by atoms with Crippen LogP contribution in [-0.4, -0.2) is 43.8 Å². The summed E-state index contributed by atoms with van der Waals surface area (Å²) in [5, 5.41) is 3.15. The van der Waals surface area contributed by atoms with Gasteiger partial charge in [0.1, 0.15) is 18.4 Å². The van der Waals surface area contributed by atoms with Gasteiger partial charge in [-0.15, -0.1) is 0 Å². The van der Waals surface area contributed by atoms with Gasteiger partial charge in [-0.25, -0.2) is 12.8 Å². The van der Waals surface area contributed by atoms with Crippen molar-refractivity contribution in [2.75, 3.05) is 10.8 Å². The Hall–Kier alpha value is -3.14. The van der Waals surface area contributed by atoms with Crippen LogP contribution < -0.4 is 9.62 Å². The highest BCUT2D eigenvalue weighted by Gasteiger charge is 2.35. The number of aryl methyl sites for hydroxylation is 1. The SMILES string of the molecule is CC[C@H](C(=O)NC1CCCC1)N(Cc1ccc(F)cc1)C(=O)CN(c1cccc(Cl)c1Cl)S(=O)(=O)c1ccc(C)cc1. The second-order valence-electron chi connectivity index (χ2n) is 10.5. The van der Waals surface area contributed by atoms with Crippen molar-refractivity contribution in [3.8, 4) is 0 Å². The predicted molar refractivity (Wildman–Crippen MR) is 164 cm³/mol. The normalized spacial score (nSPS) is 14.4. The van der Waals surface area contributed by atoms with E-state index in [2.05, 4.69) is 5.32 Å². The Kier molecular flexibility index (Phi) is 10.5. The number of carbonyl (C=O) groups excluding carboxylic acids is 2. The highest BCUT2D eigenvalue weighted by atomic mass is 35.5. The summed E-state index contributed by atoms with van der Waals surface area (Å²) in [6, 6.07) is 15.5. The van der Waals surface area contributed by atoms with Crippen LogP contribution in [0.4, 0.5) is 10.1 Å². The van der Waals surface area contributed by atoms with Crippen molar-refractivity contribution in [3.05, 3.63) is 93.7 Å². The molecule has 1 fully saturated rings. The van der Waals surface area contributed by atoms with Crippen LogP contribution >= 0.6 is 23.2 Å². The highest BCUT2D eigenvalue weighted by Crippen LogP contribution is 2.35. The smallest absolute Gasteiger partial charge is 0.264 e. The van der Waals surface area contributed by atoms with Crippen LogP contribution in [-0.2, 0) is 26.2 Å². The maximum atomic E-state index is 14.2. The zero-order valence-electron chi connectivity index (χ0n) is 23.5. The van der Waals surface area contributed by atoms with Crippen LogP contribution in [0.5, 0.6) is 0 Å². The summed E-state index contributed by atoms with van der Waals surface area (Å²) in [5.41, 5.74) is 1.48. The van der Waals surface area contributed by atoms with Gasteiger partial charge in [-0.2, -0.15) is 0 Å². The third-order valence-corrected chi connectivity index (χ3v) is 10.0. The first-order valence-electron chi connectivity index (χ1n) is 13.9. The molecule has 3 aromatic carbocycles. The first kappa shape index (κ1) is 31.8. The molecule has 1 atom stereocenters. The quantitative estimate of drug-likeness (QED) is 0.261. The average molecular weight is 635 g/mol. The number of sulfonamides is 1. The Bertz CT molecular complexity index is 1510. The van der Waals surface area contributed by atoms with Crippen LogP contribution in [0.1, 0.15) is 50.2 Å². The van der Waals surface area contributed by atoms with Gasteiger partial charge in [-0.05, 0) is 68.1 Å². The van der Waals surface area contributed by atoms with Crippen molar-refractivity contribution in [2.24, 2.45) is 0 Å². The number of nitrogens with zero attached hydrogens (tertiary/aromatic N) is 2. The van der Waals surface area contributed by atoms with E-state index >= 15 is 0 Å². The van der Waals surface area contributed by atoms with Crippen molar-refractivity contribution < 1.29 is 22.4 Å². The standard InChI is InChI=1S/C31H34Cl2FN3O4S/c1-3-27(31(39)35-24-7-4-5-8-24)36(19-22-13-15-23(34)16-14-22)29(38)20-37(28-10-6-9-26(32)30(28)33)42(40,41)25-17-11-21(2)12-18-25/h6,9-18,24,27H,3-5,7-8,19-20H2,1-2H3,(H,35,39)/t27-/m1/s1. The van der Waals surface area contributed by atoms with Crippen LogP contribution in [0.25, 0.3) is 0 Å². The van der Waals surface area contributed by atoms with E-state index in [0.29, 0.717) is 5.56 Å². The van der Waals surface area contributed by atoms with E-state index in [1.165, 1.54) is 53.4 Å². The number of nitrogens with one attached hydrogen (secondary N) is 1. The molecule has 1 aliphatic rings. The van der Waals surface area contributed by atoms with Gasteiger partial charge in [0.2, 0.25) is 11.8 Å². The highest BCUT2D eigenvalue weighted by molar-refractivity contribution is 7.92. The molecule has 0 heterocycles. The molecule has 11 heteroatoms. The molecule has 2 amide bonds. The molecule has 0 radical (unpaired) electrons. The van der Waals surface area contributed by atoms with Gasteiger partial charge in [0.15, 0.2) is 0 Å². The molecule has 224 valence electrons. The molecule has 1 aliphatic carbocycles. The molecule has 3 aromatic rings. The van der Waals surface area contributed by atoms with Gasteiger partial charge in [-0.3, -0.25) is 13.9 Å². The monoisotopic (exact) mass is 633 g/mol. The molecule has 0 aromatic heterocycles. The third kappa shape index (κ3) is 7.43. The Balaban J connectivity index is 1.74. The lowest BCUT2D eigenvalue weighted by atomic mass is 10.1. The summed E-state index contributed by atoms with van der Waals surface area (Å²) in [6.07, 6.45) is 4.06. The fourth-order valence-corrected chi connectivity index (χ4v) is 6.98. The zero-order valence-corrected chi connectivity index (χ0v) is 25.9. The molecule has 4 rings (SSSR count). The van der Waals surface area contributed by atoms with Gasteiger partial charge in [0.05, 0.1) is 20.6 Å². The summed E-state index contributed by atoms with van der Waals surface area (Å²) in [5.74, 6) is -1.37. The van der Waals surface area contributed by atoms with E-state index in [-0.39, 0.29) is 45.5 Å². The van der Waals surface area contributed by atoms with E-state index in [1.54, 1.807) is 25.1 Å². The van der Waals surface area contributed by atoms with Gasteiger partial charge < -0.3 is 10.2 Å². The zero-order chi connectivity index (χ0) is 30.4. The number of hydrogen-bond acceptors (Lipinski definition) is 4. The number of carbonyl (C=O) groups is 2. The van der Waals surface area contributed by atoms with Crippen LogP contribution in [0.3, 0.4) is 0 Å². The minimum Gasteiger partial charge on any atom is -0.352 e. The summed E-state index contributed by atoms with van der Waals surface area (Å²) in [7, 11) is -4.30. The minimum absolute atomic E-state index is 0.0259. The van der Waals surface area contributed by atoms with Gasteiger partial charge in [-0.1, -0.05) is 78.9 Å². The molecule has 7 nitrogen and oxygen atoms in total. The van der Waals surface area contributed by atoms with Gasteiger partial charge >= 0.3 is 0 Å². The van der Waals surface area contributed by atoms with Gasteiger partial charge in [0, 0.05) is 12.6 Å². The van der Waals surface area contributed by atoms with Crippen LogP contribution in [0.15, 0.2) is 71.6 Å². The van der Waals surface area contributed by atoms with Crippen molar-refractivity contribution >= 4 is 50.7 Å². The van der Waals surface area contributed by atoms with Crippen molar-refractivity contribution in [1.82, 2.24) is 10.2 Å². The molecule has 0 bridgehead atoms. The fraction of sp³-hybridized carbons (Fsp3) is 0.355. The largest absolute Gasteiger partial charge is 0.352 e. The van der Waals surface area contributed by atoms with E-state index in [0.717, 1.165) is 35.6 Å². The molecule has 0 spiro atoms. The molecule has 42 heavy (non-hydrogen) atoms. The van der Waals surface area contributed by atoms with E-state index in [1.807, 2.05) is 6.92 Å². The Labute approximate surface area is 256 Å². The van der Waals surface area contributed by atoms with E-state index in [4.69, 9.17) is 23.2 Å². The molecular formula is C31H34Cl2FN3O4S. The van der Waals surface area contributed by atoms with Crippen LogP contribution in [0.2, 0.25) is 10.0 Å². The number of amides is 2. The summed E-state index contributed by atoms with van der Waals surface area (Å²) >= 11 is 12.7.